The number of hydrogen-bond donors (Lipinski definition) is 4. The van der Waals surface area contributed by atoms with Gasteiger partial charge in [0.25, 0.3) is 0 Å². The van der Waals surface area contributed by atoms with E-state index in [0.717, 1.165) is 38.5 Å². The minimum absolute atomic E-state index is 0.307. The molecule has 0 spiro atoms. The Hall–Kier alpha value is -0.160. The van der Waals surface area contributed by atoms with Crippen LogP contribution in [0.5, 0.6) is 0 Å². The molecule has 0 aromatic heterocycles. The van der Waals surface area contributed by atoms with E-state index in [0.29, 0.717) is 38.5 Å². The predicted molar refractivity (Wildman–Crippen MR) is 81.1 cm³/mol. The van der Waals surface area contributed by atoms with Crippen LogP contribution in [0.25, 0.3) is 0 Å². The maximum absolute atomic E-state index is 9.77. The zero-order valence-electron chi connectivity index (χ0n) is 13.3. The number of unbranched alkanes of at least 4 members (excludes halogenated alkanes) is 5. The van der Waals surface area contributed by atoms with Gasteiger partial charge in [0.2, 0.25) is 0 Å². The lowest BCUT2D eigenvalue weighted by molar-refractivity contribution is -0.181. The molecule has 0 saturated heterocycles. The van der Waals surface area contributed by atoms with Gasteiger partial charge in [-0.1, -0.05) is 39.5 Å². The molecule has 0 saturated carbocycles. The molecule has 0 aromatic rings. The summed E-state index contributed by atoms with van der Waals surface area (Å²) in [6, 6.07) is 0. The van der Waals surface area contributed by atoms with E-state index in [-0.39, 0.29) is 0 Å². The lowest BCUT2D eigenvalue weighted by Gasteiger charge is -2.24. The highest BCUT2D eigenvalue weighted by Gasteiger charge is 2.24. The highest BCUT2D eigenvalue weighted by molar-refractivity contribution is 4.68. The first-order chi connectivity index (χ1) is 9.33. The topological polar surface area (TPSA) is 80.9 Å². The Labute approximate surface area is 123 Å². The summed E-state index contributed by atoms with van der Waals surface area (Å²) in [6.45, 7) is 4.16. The largest absolute Gasteiger partial charge is 0.366 e. The fourth-order valence-electron chi connectivity index (χ4n) is 2.38. The molecule has 0 unspecified atom stereocenters. The maximum atomic E-state index is 9.77. The average molecular weight is 290 g/mol. The smallest absolute Gasteiger partial charge is 0.162 e. The maximum Gasteiger partial charge on any atom is 0.162 e. The van der Waals surface area contributed by atoms with Crippen LogP contribution in [0.4, 0.5) is 0 Å². The quantitative estimate of drug-likeness (QED) is 0.310. The molecule has 0 amide bonds. The van der Waals surface area contributed by atoms with E-state index in [1.807, 2.05) is 0 Å². The second-order valence-electron chi connectivity index (χ2n) is 6.09. The zero-order chi connectivity index (χ0) is 15.5. The van der Waals surface area contributed by atoms with Crippen LogP contribution in [-0.2, 0) is 0 Å². The van der Waals surface area contributed by atoms with Crippen molar-refractivity contribution in [1.82, 2.24) is 0 Å². The lowest BCUT2D eigenvalue weighted by atomic mass is 9.97. The van der Waals surface area contributed by atoms with Crippen molar-refractivity contribution in [3.63, 3.8) is 0 Å². The van der Waals surface area contributed by atoms with Crippen molar-refractivity contribution in [3.8, 4) is 0 Å². The molecule has 4 heteroatoms. The van der Waals surface area contributed by atoms with Crippen molar-refractivity contribution in [1.29, 1.82) is 0 Å². The highest BCUT2D eigenvalue weighted by atomic mass is 16.5. The summed E-state index contributed by atoms with van der Waals surface area (Å²) in [4.78, 5) is 0. The minimum Gasteiger partial charge on any atom is -0.366 e. The third-order valence-electron chi connectivity index (χ3n) is 3.77. The molecule has 0 radical (unpaired) electrons. The summed E-state index contributed by atoms with van der Waals surface area (Å²) >= 11 is 0. The van der Waals surface area contributed by atoms with E-state index in [1.165, 1.54) is 0 Å². The third-order valence-corrected chi connectivity index (χ3v) is 3.77. The zero-order valence-corrected chi connectivity index (χ0v) is 13.3. The summed E-state index contributed by atoms with van der Waals surface area (Å²) < 4.78 is 0. The van der Waals surface area contributed by atoms with Crippen molar-refractivity contribution in [2.45, 2.75) is 102 Å². The summed E-state index contributed by atoms with van der Waals surface area (Å²) in [5, 5.41) is 39.1. The Morgan fingerprint density at radius 3 is 1.00 bits per heavy atom. The Kier molecular flexibility index (Phi) is 10.5. The van der Waals surface area contributed by atoms with Gasteiger partial charge in [-0.2, -0.15) is 0 Å². The van der Waals surface area contributed by atoms with Gasteiger partial charge in [0.15, 0.2) is 11.6 Å². The van der Waals surface area contributed by atoms with Crippen molar-refractivity contribution < 1.29 is 20.4 Å². The van der Waals surface area contributed by atoms with Crippen LogP contribution in [0.3, 0.4) is 0 Å². The van der Waals surface area contributed by atoms with Gasteiger partial charge in [0, 0.05) is 25.7 Å². The normalized spacial score (nSPS) is 12.9. The van der Waals surface area contributed by atoms with Crippen molar-refractivity contribution in [3.05, 3.63) is 0 Å². The van der Waals surface area contributed by atoms with E-state index in [2.05, 4.69) is 13.8 Å². The van der Waals surface area contributed by atoms with Gasteiger partial charge in [0.1, 0.15) is 0 Å². The van der Waals surface area contributed by atoms with Crippen LogP contribution in [0.15, 0.2) is 0 Å². The molecule has 0 bridgehead atoms. The first-order valence-electron chi connectivity index (χ1n) is 8.22. The van der Waals surface area contributed by atoms with Crippen LogP contribution in [0.2, 0.25) is 0 Å². The van der Waals surface area contributed by atoms with Crippen LogP contribution in [0.1, 0.15) is 90.9 Å². The SMILES string of the molecule is CCCCCC(O)(O)CCCCC(O)(O)CCCCC. The van der Waals surface area contributed by atoms with E-state index in [9.17, 15) is 20.4 Å². The fraction of sp³-hybridized carbons (Fsp3) is 1.00. The van der Waals surface area contributed by atoms with E-state index < -0.39 is 11.6 Å². The molecule has 4 nitrogen and oxygen atoms in total. The van der Waals surface area contributed by atoms with Gasteiger partial charge in [-0.3, -0.25) is 0 Å². The highest BCUT2D eigenvalue weighted by Crippen LogP contribution is 2.23. The van der Waals surface area contributed by atoms with E-state index in [1.54, 1.807) is 0 Å². The Morgan fingerprint density at radius 1 is 0.500 bits per heavy atom. The van der Waals surface area contributed by atoms with Crippen molar-refractivity contribution in [2.24, 2.45) is 0 Å². The molecule has 0 rings (SSSR count). The standard InChI is InChI=1S/C16H34O4/c1-3-5-7-11-15(17,18)13-9-10-14-16(19,20)12-8-6-4-2/h17-20H,3-14H2,1-2H3. The Balaban J connectivity index is 3.71. The molecule has 0 aliphatic carbocycles. The minimum atomic E-state index is -1.59. The Bertz CT molecular complexity index is 203. The predicted octanol–water partition coefficient (Wildman–Crippen LogP) is 3.07. The van der Waals surface area contributed by atoms with Crippen LogP contribution >= 0.6 is 0 Å². The van der Waals surface area contributed by atoms with Crippen LogP contribution in [0, 0.1) is 0 Å². The summed E-state index contributed by atoms with van der Waals surface area (Å²) in [5.74, 6) is -3.18. The second kappa shape index (κ2) is 10.6. The molecule has 122 valence electrons. The second-order valence-corrected chi connectivity index (χ2v) is 6.09. The summed E-state index contributed by atoms with van der Waals surface area (Å²) in [6.07, 6.45) is 8.43. The molecule has 0 aromatic carbocycles. The molecule has 0 aliphatic rings. The van der Waals surface area contributed by atoms with E-state index in [4.69, 9.17) is 0 Å². The fourth-order valence-corrected chi connectivity index (χ4v) is 2.38. The van der Waals surface area contributed by atoms with Crippen LogP contribution < -0.4 is 0 Å². The molecule has 0 atom stereocenters. The van der Waals surface area contributed by atoms with Gasteiger partial charge in [-0.25, -0.2) is 0 Å². The van der Waals surface area contributed by atoms with E-state index >= 15 is 0 Å². The molecule has 20 heavy (non-hydrogen) atoms. The average Bonchev–Trinajstić information content (AvgIpc) is 2.35. The molecular weight excluding hydrogens is 256 g/mol. The number of rotatable bonds is 13. The number of hydrogen-bond acceptors (Lipinski definition) is 4. The molecular formula is C16H34O4. The lowest BCUT2D eigenvalue weighted by Crippen LogP contribution is -2.29. The molecule has 4 N–H and O–H groups in total. The molecule has 0 aliphatic heterocycles. The first-order valence-corrected chi connectivity index (χ1v) is 8.22. The van der Waals surface area contributed by atoms with Crippen molar-refractivity contribution in [2.75, 3.05) is 0 Å². The summed E-state index contributed by atoms with van der Waals surface area (Å²) in [5.41, 5.74) is 0. The summed E-state index contributed by atoms with van der Waals surface area (Å²) in [7, 11) is 0. The number of aliphatic hydroxyl groups is 4. The third kappa shape index (κ3) is 11.6. The van der Waals surface area contributed by atoms with Crippen LogP contribution in [-0.4, -0.2) is 32.0 Å². The van der Waals surface area contributed by atoms with Crippen molar-refractivity contribution >= 4 is 0 Å². The van der Waals surface area contributed by atoms with Gasteiger partial charge in [-0.05, 0) is 25.7 Å². The van der Waals surface area contributed by atoms with Gasteiger partial charge < -0.3 is 20.4 Å². The first kappa shape index (κ1) is 19.8. The Morgan fingerprint density at radius 2 is 0.750 bits per heavy atom. The van der Waals surface area contributed by atoms with Gasteiger partial charge in [0.05, 0.1) is 0 Å². The monoisotopic (exact) mass is 290 g/mol. The molecule has 0 fully saturated rings. The van der Waals surface area contributed by atoms with Gasteiger partial charge >= 0.3 is 0 Å². The molecule has 0 heterocycles. The van der Waals surface area contributed by atoms with Gasteiger partial charge in [-0.15, -0.1) is 0 Å².